The van der Waals surface area contributed by atoms with Crippen LogP contribution >= 0.6 is 0 Å². The molecule has 36 heavy (non-hydrogen) atoms. The molecule has 0 radical (unpaired) electrons. The average Bonchev–Trinajstić information content (AvgIpc) is 3.30. The predicted octanol–water partition coefficient (Wildman–Crippen LogP) is 2.99. The summed E-state index contributed by atoms with van der Waals surface area (Å²) in [4.78, 5) is 12.3. The van der Waals surface area contributed by atoms with Crippen LogP contribution in [0.15, 0.2) is 71.3 Å². The molecule has 1 aliphatic heterocycles. The SMILES string of the molecule is CNC(=O)/C(C#N)=C/c1cn(-c2ccccc2)nc1-c1cccc(S(=O)(=O)N2C[C@@H](C)O[C@H](C)C2)c1. The first-order valence-corrected chi connectivity index (χ1v) is 12.9. The molecule has 0 spiro atoms. The normalized spacial score (nSPS) is 19.0. The second kappa shape index (κ2) is 10.5. The number of likely N-dealkylation sites (N-methyl/N-ethyl adjacent to an activating group) is 1. The molecule has 0 unspecified atom stereocenters. The predicted molar refractivity (Wildman–Crippen MR) is 135 cm³/mol. The summed E-state index contributed by atoms with van der Waals surface area (Å²) in [5.41, 5.74) is 2.17. The quantitative estimate of drug-likeness (QED) is 0.407. The van der Waals surface area contributed by atoms with Gasteiger partial charge in [0.15, 0.2) is 0 Å². The summed E-state index contributed by atoms with van der Waals surface area (Å²) >= 11 is 0. The van der Waals surface area contributed by atoms with Crippen molar-refractivity contribution in [1.29, 1.82) is 5.26 Å². The van der Waals surface area contributed by atoms with Crippen molar-refractivity contribution >= 4 is 22.0 Å². The van der Waals surface area contributed by atoms with Gasteiger partial charge < -0.3 is 10.1 Å². The van der Waals surface area contributed by atoms with E-state index in [0.29, 0.717) is 16.8 Å². The van der Waals surface area contributed by atoms with Gasteiger partial charge in [0.05, 0.1) is 22.8 Å². The molecular weight excluding hydrogens is 478 g/mol. The minimum Gasteiger partial charge on any atom is -0.373 e. The summed E-state index contributed by atoms with van der Waals surface area (Å²) in [5, 5.41) is 16.7. The zero-order valence-corrected chi connectivity index (χ0v) is 21.1. The molecule has 1 amide bonds. The third-order valence-corrected chi connectivity index (χ3v) is 7.61. The molecule has 2 aromatic carbocycles. The highest BCUT2D eigenvalue weighted by Gasteiger charge is 2.32. The Morgan fingerprint density at radius 3 is 2.47 bits per heavy atom. The van der Waals surface area contributed by atoms with E-state index in [1.54, 1.807) is 35.1 Å². The van der Waals surface area contributed by atoms with E-state index in [9.17, 15) is 18.5 Å². The van der Waals surface area contributed by atoms with Gasteiger partial charge in [0.1, 0.15) is 17.3 Å². The number of nitrogens with zero attached hydrogens (tertiary/aromatic N) is 4. The Morgan fingerprint density at radius 2 is 1.83 bits per heavy atom. The smallest absolute Gasteiger partial charge is 0.261 e. The van der Waals surface area contributed by atoms with Gasteiger partial charge in [-0.15, -0.1) is 0 Å². The summed E-state index contributed by atoms with van der Waals surface area (Å²) in [6.07, 6.45) is 2.74. The first-order chi connectivity index (χ1) is 17.2. The molecule has 4 rings (SSSR count). The maximum Gasteiger partial charge on any atom is 0.261 e. The van der Waals surface area contributed by atoms with E-state index >= 15 is 0 Å². The summed E-state index contributed by atoms with van der Waals surface area (Å²) < 4.78 is 35.7. The first kappa shape index (κ1) is 25.3. The van der Waals surface area contributed by atoms with E-state index in [0.717, 1.165) is 5.69 Å². The number of ether oxygens (including phenoxy) is 1. The Hall–Kier alpha value is -3.78. The molecule has 1 N–H and O–H groups in total. The van der Waals surface area contributed by atoms with Crippen LogP contribution in [-0.2, 0) is 19.6 Å². The number of morpholine rings is 1. The van der Waals surface area contributed by atoms with Crippen LogP contribution in [0.1, 0.15) is 19.4 Å². The van der Waals surface area contributed by atoms with Gasteiger partial charge in [-0.3, -0.25) is 4.79 Å². The number of hydrogen-bond donors (Lipinski definition) is 1. The minimum atomic E-state index is -3.77. The van der Waals surface area contributed by atoms with E-state index < -0.39 is 15.9 Å². The number of rotatable bonds is 6. The van der Waals surface area contributed by atoms with E-state index in [1.165, 1.54) is 17.4 Å². The molecule has 9 nitrogen and oxygen atoms in total. The molecule has 3 aromatic rings. The molecule has 1 aromatic heterocycles. The molecule has 0 bridgehead atoms. The topological polar surface area (TPSA) is 117 Å². The Bertz CT molecular complexity index is 1430. The van der Waals surface area contributed by atoms with Crippen molar-refractivity contribution in [2.75, 3.05) is 20.1 Å². The van der Waals surface area contributed by atoms with E-state index in [4.69, 9.17) is 4.74 Å². The lowest BCUT2D eigenvalue weighted by atomic mass is 10.1. The fraction of sp³-hybridized carbons (Fsp3) is 0.269. The Kier molecular flexibility index (Phi) is 7.35. The van der Waals surface area contributed by atoms with Crippen molar-refractivity contribution in [1.82, 2.24) is 19.4 Å². The van der Waals surface area contributed by atoms with Gasteiger partial charge in [0, 0.05) is 37.5 Å². The van der Waals surface area contributed by atoms with E-state index in [1.807, 2.05) is 50.2 Å². The minimum absolute atomic E-state index is 0.0913. The summed E-state index contributed by atoms with van der Waals surface area (Å²) in [6, 6.07) is 17.8. The molecule has 186 valence electrons. The lowest BCUT2D eigenvalue weighted by Crippen LogP contribution is -2.48. The second-order valence-corrected chi connectivity index (χ2v) is 10.5. The zero-order valence-electron chi connectivity index (χ0n) is 20.2. The monoisotopic (exact) mass is 505 g/mol. The van der Waals surface area contributed by atoms with Crippen molar-refractivity contribution in [2.24, 2.45) is 0 Å². The number of aromatic nitrogens is 2. The van der Waals surface area contributed by atoms with Crippen LogP contribution in [-0.4, -0.2) is 60.8 Å². The van der Waals surface area contributed by atoms with Gasteiger partial charge in [-0.25, -0.2) is 13.1 Å². The van der Waals surface area contributed by atoms with Crippen LogP contribution in [0.2, 0.25) is 0 Å². The molecule has 1 aliphatic rings. The van der Waals surface area contributed by atoms with Crippen molar-refractivity contribution in [3.8, 4) is 23.0 Å². The van der Waals surface area contributed by atoms with Gasteiger partial charge in [-0.05, 0) is 44.2 Å². The molecular formula is C26H27N5O4S. The van der Waals surface area contributed by atoms with Gasteiger partial charge >= 0.3 is 0 Å². The van der Waals surface area contributed by atoms with Crippen LogP contribution in [0, 0.1) is 11.3 Å². The standard InChI is InChI=1S/C26H27N5O4S/c1-18-15-30(16-19(2)35-18)36(33,34)24-11-7-8-20(13-24)25-22(12-21(14-27)26(32)28-3)17-31(29-25)23-9-5-4-6-10-23/h4-13,17-19H,15-16H2,1-3H3,(H,28,32)/b21-12+/t18-,19-/m1/s1. The molecule has 1 saturated heterocycles. The first-order valence-electron chi connectivity index (χ1n) is 11.5. The molecule has 1 fully saturated rings. The van der Waals surface area contributed by atoms with Gasteiger partial charge in [0.25, 0.3) is 5.91 Å². The van der Waals surface area contributed by atoms with Crippen LogP contribution < -0.4 is 5.32 Å². The number of amides is 1. The third-order valence-electron chi connectivity index (χ3n) is 5.79. The largest absolute Gasteiger partial charge is 0.373 e. The zero-order chi connectivity index (χ0) is 25.9. The third kappa shape index (κ3) is 5.23. The number of nitrogens with one attached hydrogen (secondary N) is 1. The van der Waals surface area contributed by atoms with Crippen molar-refractivity contribution < 1.29 is 17.9 Å². The number of sulfonamides is 1. The highest BCUT2D eigenvalue weighted by molar-refractivity contribution is 7.89. The van der Waals surface area contributed by atoms with Gasteiger partial charge in [-0.1, -0.05) is 30.3 Å². The fourth-order valence-electron chi connectivity index (χ4n) is 4.15. The lowest BCUT2D eigenvalue weighted by molar-refractivity contribution is -0.116. The lowest BCUT2D eigenvalue weighted by Gasteiger charge is -2.34. The molecule has 10 heteroatoms. The van der Waals surface area contributed by atoms with Crippen LogP contribution in [0.3, 0.4) is 0 Å². The highest BCUT2D eigenvalue weighted by Crippen LogP contribution is 2.29. The molecule has 2 atom stereocenters. The number of para-hydroxylation sites is 1. The van der Waals surface area contributed by atoms with Crippen molar-refractivity contribution in [3.05, 3.63) is 71.9 Å². The maximum atomic E-state index is 13.5. The number of carbonyl (C=O) groups excluding carboxylic acids is 1. The van der Waals surface area contributed by atoms with Crippen LogP contribution in [0.5, 0.6) is 0 Å². The van der Waals surface area contributed by atoms with Gasteiger partial charge in [0.2, 0.25) is 10.0 Å². The summed E-state index contributed by atoms with van der Waals surface area (Å²) in [5.74, 6) is -0.525. The van der Waals surface area contributed by atoms with Crippen LogP contribution in [0.4, 0.5) is 0 Å². The molecule has 0 aliphatic carbocycles. The maximum absolute atomic E-state index is 13.5. The average molecular weight is 506 g/mol. The van der Waals surface area contributed by atoms with E-state index in [2.05, 4.69) is 10.4 Å². The Balaban J connectivity index is 1.81. The Labute approximate surface area is 210 Å². The number of benzene rings is 2. The summed E-state index contributed by atoms with van der Waals surface area (Å²) in [6.45, 7) is 4.24. The number of nitriles is 1. The number of hydrogen-bond acceptors (Lipinski definition) is 6. The molecule has 2 heterocycles. The second-order valence-electron chi connectivity index (χ2n) is 8.57. The van der Waals surface area contributed by atoms with Crippen molar-refractivity contribution in [3.63, 3.8) is 0 Å². The van der Waals surface area contributed by atoms with Crippen LogP contribution in [0.25, 0.3) is 23.0 Å². The van der Waals surface area contributed by atoms with E-state index in [-0.39, 0.29) is 35.8 Å². The number of carbonyl (C=O) groups is 1. The Morgan fingerprint density at radius 1 is 1.14 bits per heavy atom. The fourth-order valence-corrected chi connectivity index (χ4v) is 5.79. The van der Waals surface area contributed by atoms with Crippen molar-refractivity contribution in [2.45, 2.75) is 31.0 Å². The van der Waals surface area contributed by atoms with Gasteiger partial charge in [-0.2, -0.15) is 14.7 Å². The summed E-state index contributed by atoms with van der Waals surface area (Å²) in [7, 11) is -2.33. The molecule has 0 saturated carbocycles. The highest BCUT2D eigenvalue weighted by atomic mass is 32.2.